The van der Waals surface area contributed by atoms with Crippen LogP contribution < -0.4 is 10.5 Å². The van der Waals surface area contributed by atoms with Crippen LogP contribution >= 0.6 is 11.6 Å². The number of halogens is 1. The van der Waals surface area contributed by atoms with Crippen molar-refractivity contribution >= 4 is 17.3 Å². The molecule has 2 aromatic rings. The zero-order valence-electron chi connectivity index (χ0n) is 9.61. The highest BCUT2D eigenvalue weighted by atomic mass is 35.5. The van der Waals surface area contributed by atoms with Gasteiger partial charge in [0.15, 0.2) is 0 Å². The van der Waals surface area contributed by atoms with Gasteiger partial charge in [-0.15, -0.1) is 0 Å². The Morgan fingerprint density at radius 1 is 1.18 bits per heavy atom. The Bertz CT molecular complexity index is 525. The number of nitrogens with two attached hydrogens (primary N) is 1. The summed E-state index contributed by atoms with van der Waals surface area (Å²) < 4.78 is 5.67. The van der Waals surface area contributed by atoms with Crippen molar-refractivity contribution in [2.45, 2.75) is 13.5 Å². The van der Waals surface area contributed by atoms with E-state index in [1.54, 1.807) is 12.1 Å². The van der Waals surface area contributed by atoms with E-state index in [2.05, 4.69) is 13.0 Å². The first-order valence-electron chi connectivity index (χ1n) is 5.39. The molecule has 0 spiro atoms. The first-order chi connectivity index (χ1) is 8.16. The van der Waals surface area contributed by atoms with Crippen molar-refractivity contribution in [2.24, 2.45) is 0 Å². The summed E-state index contributed by atoms with van der Waals surface area (Å²) in [6, 6.07) is 13.4. The monoisotopic (exact) mass is 247 g/mol. The Labute approximate surface area is 106 Å². The molecule has 3 heteroatoms. The van der Waals surface area contributed by atoms with E-state index < -0.39 is 0 Å². The average Bonchev–Trinajstić information content (AvgIpc) is 2.32. The first kappa shape index (κ1) is 11.8. The van der Waals surface area contributed by atoms with Gasteiger partial charge in [-0.2, -0.15) is 0 Å². The molecule has 0 amide bonds. The molecule has 2 N–H and O–H groups in total. The van der Waals surface area contributed by atoms with Crippen LogP contribution in [-0.2, 0) is 6.61 Å². The largest absolute Gasteiger partial charge is 0.489 e. The van der Waals surface area contributed by atoms with Crippen LogP contribution in [-0.4, -0.2) is 0 Å². The maximum Gasteiger partial charge on any atom is 0.121 e. The second kappa shape index (κ2) is 5.11. The second-order valence-corrected chi connectivity index (χ2v) is 4.31. The molecule has 2 rings (SSSR count). The van der Waals surface area contributed by atoms with E-state index in [4.69, 9.17) is 22.1 Å². The maximum absolute atomic E-state index is 5.92. The number of benzene rings is 2. The molecule has 88 valence electrons. The van der Waals surface area contributed by atoms with Gasteiger partial charge in [0.25, 0.3) is 0 Å². The molecule has 2 aromatic carbocycles. The third kappa shape index (κ3) is 2.92. The lowest BCUT2D eigenvalue weighted by atomic mass is 10.1. The van der Waals surface area contributed by atoms with E-state index in [0.29, 0.717) is 17.3 Å². The van der Waals surface area contributed by atoms with Crippen molar-refractivity contribution in [3.05, 3.63) is 58.6 Å². The van der Waals surface area contributed by atoms with Crippen LogP contribution in [0.1, 0.15) is 11.1 Å². The molecule has 0 fully saturated rings. The standard InChI is InChI=1S/C14H14ClNO/c1-10-4-2-3-5-11(10)9-17-12-6-7-14(16)13(15)8-12/h2-8H,9,16H2,1H3. The van der Waals surface area contributed by atoms with Crippen LogP contribution in [0, 0.1) is 6.92 Å². The molecule has 0 saturated heterocycles. The predicted octanol–water partition coefficient (Wildman–Crippen LogP) is 3.81. The molecule has 0 aromatic heterocycles. The van der Waals surface area contributed by atoms with E-state index in [1.165, 1.54) is 11.1 Å². The topological polar surface area (TPSA) is 35.2 Å². The maximum atomic E-state index is 5.92. The molecule has 0 bridgehead atoms. The minimum atomic E-state index is 0.521. The van der Waals surface area contributed by atoms with Crippen LogP contribution in [0.2, 0.25) is 5.02 Å². The van der Waals surface area contributed by atoms with E-state index >= 15 is 0 Å². The second-order valence-electron chi connectivity index (χ2n) is 3.90. The fourth-order valence-electron chi connectivity index (χ4n) is 1.53. The van der Waals surface area contributed by atoms with Gasteiger partial charge in [0.1, 0.15) is 12.4 Å². The Morgan fingerprint density at radius 2 is 1.94 bits per heavy atom. The lowest BCUT2D eigenvalue weighted by molar-refractivity contribution is 0.305. The highest BCUT2D eigenvalue weighted by molar-refractivity contribution is 6.33. The molecule has 0 aliphatic rings. The summed E-state index contributed by atoms with van der Waals surface area (Å²) in [7, 11) is 0. The summed E-state index contributed by atoms with van der Waals surface area (Å²) in [4.78, 5) is 0. The summed E-state index contributed by atoms with van der Waals surface area (Å²) >= 11 is 5.92. The van der Waals surface area contributed by atoms with Gasteiger partial charge in [0, 0.05) is 6.07 Å². The van der Waals surface area contributed by atoms with Gasteiger partial charge in [0.2, 0.25) is 0 Å². The van der Waals surface area contributed by atoms with Crippen molar-refractivity contribution in [3.8, 4) is 5.75 Å². The number of aryl methyl sites for hydroxylation is 1. The van der Waals surface area contributed by atoms with Gasteiger partial charge in [0.05, 0.1) is 10.7 Å². The van der Waals surface area contributed by atoms with Gasteiger partial charge in [-0.1, -0.05) is 35.9 Å². The van der Waals surface area contributed by atoms with Crippen LogP contribution in [0.4, 0.5) is 5.69 Å². The number of anilines is 1. The molecule has 2 nitrogen and oxygen atoms in total. The zero-order valence-corrected chi connectivity index (χ0v) is 10.4. The van der Waals surface area contributed by atoms with Gasteiger partial charge in [-0.3, -0.25) is 0 Å². The van der Waals surface area contributed by atoms with Crippen LogP contribution in [0.3, 0.4) is 0 Å². The average molecular weight is 248 g/mol. The lowest BCUT2D eigenvalue weighted by Crippen LogP contribution is -1.98. The van der Waals surface area contributed by atoms with Crippen molar-refractivity contribution in [1.29, 1.82) is 0 Å². The highest BCUT2D eigenvalue weighted by Gasteiger charge is 2.01. The number of hydrogen-bond acceptors (Lipinski definition) is 2. The summed E-state index contributed by atoms with van der Waals surface area (Å²) in [5, 5.41) is 0.521. The quantitative estimate of drug-likeness (QED) is 0.837. The Morgan fingerprint density at radius 3 is 2.65 bits per heavy atom. The van der Waals surface area contributed by atoms with E-state index in [0.717, 1.165) is 5.75 Å². The minimum absolute atomic E-state index is 0.521. The SMILES string of the molecule is Cc1ccccc1COc1ccc(N)c(Cl)c1. The van der Waals surface area contributed by atoms with Gasteiger partial charge in [-0.05, 0) is 30.2 Å². The molecule has 0 aliphatic heterocycles. The summed E-state index contributed by atoms with van der Waals surface area (Å²) in [5.41, 5.74) is 8.58. The molecule has 0 heterocycles. The number of rotatable bonds is 3. The number of nitrogen functional groups attached to an aromatic ring is 1. The molecule has 17 heavy (non-hydrogen) atoms. The number of hydrogen-bond donors (Lipinski definition) is 1. The fraction of sp³-hybridized carbons (Fsp3) is 0.143. The summed E-state index contributed by atoms with van der Waals surface area (Å²) in [5.74, 6) is 0.729. The molecule has 0 aliphatic carbocycles. The van der Waals surface area contributed by atoms with Gasteiger partial charge < -0.3 is 10.5 Å². The molecule has 0 atom stereocenters. The molecule has 0 radical (unpaired) electrons. The molecular weight excluding hydrogens is 234 g/mol. The van der Waals surface area contributed by atoms with Crippen LogP contribution in [0.25, 0.3) is 0 Å². The molecule has 0 unspecified atom stereocenters. The Kier molecular flexibility index (Phi) is 3.55. The van der Waals surface area contributed by atoms with Crippen molar-refractivity contribution in [1.82, 2.24) is 0 Å². The third-order valence-corrected chi connectivity index (χ3v) is 2.95. The lowest BCUT2D eigenvalue weighted by Gasteiger charge is -2.09. The molecular formula is C14H14ClNO. The van der Waals surface area contributed by atoms with E-state index in [9.17, 15) is 0 Å². The van der Waals surface area contributed by atoms with E-state index in [1.807, 2.05) is 24.3 Å². The number of ether oxygens (including phenoxy) is 1. The van der Waals surface area contributed by atoms with Gasteiger partial charge >= 0.3 is 0 Å². The van der Waals surface area contributed by atoms with Crippen molar-refractivity contribution in [3.63, 3.8) is 0 Å². The van der Waals surface area contributed by atoms with Crippen molar-refractivity contribution in [2.75, 3.05) is 5.73 Å². The summed E-state index contributed by atoms with van der Waals surface area (Å²) in [6.07, 6.45) is 0. The Hall–Kier alpha value is -1.67. The smallest absolute Gasteiger partial charge is 0.121 e. The predicted molar refractivity (Wildman–Crippen MR) is 71.4 cm³/mol. The van der Waals surface area contributed by atoms with Crippen LogP contribution in [0.15, 0.2) is 42.5 Å². The summed E-state index contributed by atoms with van der Waals surface area (Å²) in [6.45, 7) is 2.60. The van der Waals surface area contributed by atoms with E-state index in [-0.39, 0.29) is 0 Å². The third-order valence-electron chi connectivity index (χ3n) is 2.63. The van der Waals surface area contributed by atoms with Crippen molar-refractivity contribution < 1.29 is 4.74 Å². The highest BCUT2D eigenvalue weighted by Crippen LogP contribution is 2.24. The molecule has 0 saturated carbocycles. The Balaban J connectivity index is 2.08. The first-order valence-corrected chi connectivity index (χ1v) is 5.77. The minimum Gasteiger partial charge on any atom is -0.489 e. The normalized spacial score (nSPS) is 10.2. The zero-order chi connectivity index (χ0) is 12.3. The fourth-order valence-corrected chi connectivity index (χ4v) is 1.70. The van der Waals surface area contributed by atoms with Crippen LogP contribution in [0.5, 0.6) is 5.75 Å². The van der Waals surface area contributed by atoms with Gasteiger partial charge in [-0.25, -0.2) is 0 Å².